The number of benzene rings is 1. The molecule has 25 heavy (non-hydrogen) atoms. The first kappa shape index (κ1) is 16.8. The van der Waals surface area contributed by atoms with E-state index in [4.69, 9.17) is 9.31 Å². The minimum Gasteiger partial charge on any atom is -0.399 e. The maximum absolute atomic E-state index is 14.8. The van der Waals surface area contributed by atoms with Crippen molar-refractivity contribution < 1.29 is 13.7 Å². The lowest BCUT2D eigenvalue weighted by atomic mass is 9.76. The third-order valence-electron chi connectivity index (χ3n) is 5.72. The van der Waals surface area contributed by atoms with E-state index in [1.165, 1.54) is 18.9 Å². The number of nitrogens with zero attached hydrogens (tertiary/aromatic N) is 2. The van der Waals surface area contributed by atoms with Gasteiger partial charge in [0.1, 0.15) is 5.82 Å². The average molecular weight is 342 g/mol. The largest absolute Gasteiger partial charge is 0.495 e. The third kappa shape index (κ3) is 2.81. The highest BCUT2D eigenvalue weighted by molar-refractivity contribution is 6.62. The lowest BCUT2D eigenvalue weighted by Gasteiger charge is -2.32. The number of halogens is 1. The average Bonchev–Trinajstić information content (AvgIpc) is 3.20. The number of hydrogen-bond donors (Lipinski definition) is 0. The van der Waals surface area contributed by atoms with E-state index in [0.29, 0.717) is 11.6 Å². The van der Waals surface area contributed by atoms with Gasteiger partial charge < -0.3 is 13.9 Å². The summed E-state index contributed by atoms with van der Waals surface area (Å²) in [6.07, 6.45) is 5.99. The van der Waals surface area contributed by atoms with Gasteiger partial charge in [0, 0.05) is 12.1 Å². The molecule has 2 aliphatic rings. The zero-order valence-electron chi connectivity index (χ0n) is 15.5. The van der Waals surface area contributed by atoms with E-state index in [1.807, 2.05) is 46.9 Å². The highest BCUT2D eigenvalue weighted by Gasteiger charge is 2.52. The second-order valence-corrected chi connectivity index (χ2v) is 8.23. The van der Waals surface area contributed by atoms with Crippen molar-refractivity contribution in [3.05, 3.63) is 41.7 Å². The molecule has 4 rings (SSSR count). The summed E-state index contributed by atoms with van der Waals surface area (Å²) in [6, 6.07) is 3.37. The van der Waals surface area contributed by atoms with Crippen LogP contribution in [-0.4, -0.2) is 27.9 Å². The van der Waals surface area contributed by atoms with Crippen LogP contribution < -0.4 is 5.46 Å². The summed E-state index contributed by atoms with van der Waals surface area (Å²) in [4.78, 5) is 4.41. The molecule has 132 valence electrons. The number of aromatic nitrogens is 2. The summed E-state index contributed by atoms with van der Waals surface area (Å²) in [6.45, 7) is 9.95. The fourth-order valence-electron chi connectivity index (χ4n) is 3.16. The molecule has 1 aromatic heterocycles. The van der Waals surface area contributed by atoms with Gasteiger partial charge in [0.05, 0.1) is 28.9 Å². The fraction of sp³-hybridized carbons (Fsp3) is 0.526. The van der Waals surface area contributed by atoms with Gasteiger partial charge in [-0.2, -0.15) is 0 Å². The second-order valence-electron chi connectivity index (χ2n) is 8.23. The van der Waals surface area contributed by atoms with Crippen molar-refractivity contribution >= 4 is 12.6 Å². The van der Waals surface area contributed by atoms with Crippen LogP contribution in [0.3, 0.4) is 0 Å². The first-order valence-electron chi connectivity index (χ1n) is 8.88. The van der Waals surface area contributed by atoms with Crippen LogP contribution >= 0.6 is 0 Å². The molecule has 0 atom stereocenters. The molecule has 2 aromatic rings. The molecule has 0 radical (unpaired) electrons. The highest BCUT2D eigenvalue weighted by atomic mass is 19.1. The first-order valence-corrected chi connectivity index (χ1v) is 8.88. The Hall–Kier alpha value is -1.66. The lowest BCUT2D eigenvalue weighted by molar-refractivity contribution is 0.00578. The zero-order chi connectivity index (χ0) is 18.0. The summed E-state index contributed by atoms with van der Waals surface area (Å²) >= 11 is 0. The molecule has 0 unspecified atom stereocenters. The van der Waals surface area contributed by atoms with Gasteiger partial charge in [0.25, 0.3) is 0 Å². The molecule has 0 N–H and O–H groups in total. The Balaban J connectivity index is 1.66. The van der Waals surface area contributed by atoms with Gasteiger partial charge >= 0.3 is 7.12 Å². The quantitative estimate of drug-likeness (QED) is 0.801. The van der Waals surface area contributed by atoms with E-state index in [-0.39, 0.29) is 5.82 Å². The third-order valence-corrected chi connectivity index (χ3v) is 5.72. The Kier molecular flexibility index (Phi) is 3.64. The number of hydrogen-bond acceptors (Lipinski definition) is 3. The molecule has 1 aliphatic carbocycles. The molecule has 1 aliphatic heterocycles. The standard InChI is InChI=1S/C19H24BFN2O2/c1-12-8-17(23-10-16(22-11-23)13-6-7-13)15(21)9-14(12)20-24-18(2,3)19(4,5)25-20/h8-11,13H,6-7H2,1-5H3. The van der Waals surface area contributed by atoms with Crippen LogP contribution in [0.25, 0.3) is 5.69 Å². The molecule has 1 aromatic carbocycles. The summed E-state index contributed by atoms with van der Waals surface area (Å²) in [5.74, 6) is 0.254. The number of aryl methyl sites for hydroxylation is 1. The van der Waals surface area contributed by atoms with Crippen LogP contribution in [0.15, 0.2) is 24.7 Å². The van der Waals surface area contributed by atoms with E-state index in [2.05, 4.69) is 4.98 Å². The molecule has 0 spiro atoms. The Labute approximate surface area is 148 Å². The van der Waals surface area contributed by atoms with Gasteiger partial charge in [-0.3, -0.25) is 0 Å². The highest BCUT2D eigenvalue weighted by Crippen LogP contribution is 2.39. The Morgan fingerprint density at radius 3 is 2.40 bits per heavy atom. The number of rotatable bonds is 3. The minimum absolute atomic E-state index is 0.296. The minimum atomic E-state index is -0.557. The van der Waals surface area contributed by atoms with Gasteiger partial charge in [-0.15, -0.1) is 0 Å². The zero-order valence-corrected chi connectivity index (χ0v) is 15.5. The van der Waals surface area contributed by atoms with Gasteiger partial charge in [0.15, 0.2) is 0 Å². The first-order chi connectivity index (χ1) is 11.7. The second kappa shape index (κ2) is 5.42. The Bertz CT molecular complexity index is 811. The number of imidazole rings is 1. The van der Waals surface area contributed by atoms with Crippen molar-refractivity contribution in [2.24, 2.45) is 0 Å². The Morgan fingerprint density at radius 1 is 1.16 bits per heavy atom. The monoisotopic (exact) mass is 342 g/mol. The fourth-order valence-corrected chi connectivity index (χ4v) is 3.16. The van der Waals surface area contributed by atoms with Gasteiger partial charge in [-0.1, -0.05) is 0 Å². The van der Waals surface area contributed by atoms with E-state index in [9.17, 15) is 4.39 Å². The van der Waals surface area contributed by atoms with Crippen LogP contribution in [0, 0.1) is 12.7 Å². The van der Waals surface area contributed by atoms with Crippen LogP contribution in [0.2, 0.25) is 0 Å². The van der Waals surface area contributed by atoms with Crippen LogP contribution in [0.5, 0.6) is 0 Å². The normalized spacial score (nSPS) is 21.8. The molecule has 6 heteroatoms. The smallest absolute Gasteiger partial charge is 0.399 e. The maximum Gasteiger partial charge on any atom is 0.495 e. The topological polar surface area (TPSA) is 36.3 Å². The van der Waals surface area contributed by atoms with Crippen molar-refractivity contribution in [1.82, 2.24) is 9.55 Å². The van der Waals surface area contributed by atoms with Crippen LogP contribution in [0.4, 0.5) is 4.39 Å². The summed E-state index contributed by atoms with van der Waals surface area (Å²) in [5.41, 5.74) is 2.36. The van der Waals surface area contributed by atoms with Gasteiger partial charge in [-0.05, 0) is 70.6 Å². The van der Waals surface area contributed by atoms with E-state index >= 15 is 0 Å². The molecule has 1 saturated heterocycles. The molecule has 4 nitrogen and oxygen atoms in total. The van der Waals surface area contributed by atoms with Crippen molar-refractivity contribution in [2.45, 2.75) is 64.6 Å². The van der Waals surface area contributed by atoms with Crippen LogP contribution in [0.1, 0.15) is 57.7 Å². The van der Waals surface area contributed by atoms with Gasteiger partial charge in [-0.25, -0.2) is 9.37 Å². The van der Waals surface area contributed by atoms with E-state index in [0.717, 1.165) is 16.7 Å². The van der Waals surface area contributed by atoms with E-state index < -0.39 is 18.3 Å². The lowest BCUT2D eigenvalue weighted by Crippen LogP contribution is -2.41. The summed E-state index contributed by atoms with van der Waals surface area (Å²) in [7, 11) is -0.557. The predicted molar refractivity (Wildman–Crippen MR) is 96.0 cm³/mol. The predicted octanol–water partition coefficient (Wildman–Crippen LogP) is 3.50. The Morgan fingerprint density at radius 2 is 1.80 bits per heavy atom. The molecule has 0 amide bonds. The summed E-state index contributed by atoms with van der Waals surface area (Å²) < 4.78 is 28.7. The SMILES string of the molecule is Cc1cc(-n2cnc(C3CC3)c2)c(F)cc1B1OC(C)(C)C(C)(C)O1. The summed E-state index contributed by atoms with van der Waals surface area (Å²) in [5, 5.41) is 0. The van der Waals surface area contributed by atoms with Crippen molar-refractivity contribution in [2.75, 3.05) is 0 Å². The van der Waals surface area contributed by atoms with E-state index in [1.54, 1.807) is 10.9 Å². The molecule has 0 bridgehead atoms. The van der Waals surface area contributed by atoms with Crippen molar-refractivity contribution in [1.29, 1.82) is 0 Å². The molecular formula is C19H24BFN2O2. The molecule has 1 saturated carbocycles. The van der Waals surface area contributed by atoms with Gasteiger partial charge in [0.2, 0.25) is 0 Å². The van der Waals surface area contributed by atoms with Crippen LogP contribution in [-0.2, 0) is 9.31 Å². The maximum atomic E-state index is 14.8. The molecule has 2 fully saturated rings. The van der Waals surface area contributed by atoms with Crippen molar-refractivity contribution in [3.63, 3.8) is 0 Å². The molecular weight excluding hydrogens is 318 g/mol. The van der Waals surface area contributed by atoms with Crippen molar-refractivity contribution in [3.8, 4) is 5.69 Å². The molecule has 2 heterocycles.